The highest BCUT2D eigenvalue weighted by Gasteiger charge is 2.22. The van der Waals surface area contributed by atoms with Crippen LogP contribution in [0.5, 0.6) is 5.75 Å². The fourth-order valence-electron chi connectivity index (χ4n) is 3.31. The van der Waals surface area contributed by atoms with E-state index < -0.39 is 5.82 Å². The Morgan fingerprint density at radius 3 is 2.53 bits per heavy atom. The van der Waals surface area contributed by atoms with E-state index in [-0.39, 0.29) is 35.9 Å². The van der Waals surface area contributed by atoms with Gasteiger partial charge in [0.15, 0.2) is 0 Å². The summed E-state index contributed by atoms with van der Waals surface area (Å²) >= 11 is 5.90. The maximum absolute atomic E-state index is 13.0. The molecule has 1 saturated heterocycles. The zero-order chi connectivity index (χ0) is 21.3. The molecule has 6 nitrogen and oxygen atoms in total. The lowest BCUT2D eigenvalue weighted by atomic mass is 10.0. The molecule has 8 heteroatoms. The van der Waals surface area contributed by atoms with Gasteiger partial charge in [0.2, 0.25) is 11.8 Å². The molecule has 160 valence electrons. The summed E-state index contributed by atoms with van der Waals surface area (Å²) in [4.78, 5) is 26.4. The Kier molecular flexibility index (Phi) is 8.04. The van der Waals surface area contributed by atoms with Gasteiger partial charge in [0.05, 0.1) is 24.6 Å². The Labute approximate surface area is 180 Å². The molecule has 1 fully saturated rings. The Bertz CT molecular complexity index is 858. The molecule has 30 heavy (non-hydrogen) atoms. The monoisotopic (exact) mass is 433 g/mol. The van der Waals surface area contributed by atoms with E-state index in [4.69, 9.17) is 16.3 Å². The minimum Gasteiger partial charge on any atom is -0.491 e. The standard InChI is InChI=1S/C22H25ClFN3O3/c23-19-14-16(24)6-7-20(19)30-13-10-21(28)25-18-8-11-27(12-9-18)15-22(29)26-17-4-2-1-3-5-17/h1-7,14,18H,8-13,15H2,(H,25,28)(H,26,29). The van der Waals surface area contributed by atoms with E-state index in [1.165, 1.54) is 18.2 Å². The summed E-state index contributed by atoms with van der Waals surface area (Å²) in [5.74, 6) is -0.226. The van der Waals surface area contributed by atoms with Crippen LogP contribution in [0.15, 0.2) is 48.5 Å². The molecule has 0 unspecified atom stereocenters. The molecule has 0 bridgehead atoms. The number of carbonyl (C=O) groups is 2. The Balaban J connectivity index is 1.32. The van der Waals surface area contributed by atoms with Gasteiger partial charge in [-0.15, -0.1) is 0 Å². The summed E-state index contributed by atoms with van der Waals surface area (Å²) in [6.07, 6.45) is 1.76. The Morgan fingerprint density at radius 1 is 1.10 bits per heavy atom. The number of likely N-dealkylation sites (tertiary alicyclic amines) is 1. The second-order valence-electron chi connectivity index (χ2n) is 7.21. The molecular formula is C22H25ClFN3O3. The predicted octanol–water partition coefficient (Wildman–Crippen LogP) is 3.47. The molecule has 0 radical (unpaired) electrons. The quantitative estimate of drug-likeness (QED) is 0.668. The van der Waals surface area contributed by atoms with Crippen LogP contribution in [0.1, 0.15) is 19.3 Å². The topological polar surface area (TPSA) is 70.7 Å². The first kappa shape index (κ1) is 22.1. The molecule has 0 saturated carbocycles. The second-order valence-corrected chi connectivity index (χ2v) is 7.61. The van der Waals surface area contributed by atoms with E-state index in [0.717, 1.165) is 31.6 Å². The normalized spacial score (nSPS) is 14.9. The van der Waals surface area contributed by atoms with Crippen LogP contribution in [0, 0.1) is 5.82 Å². The first-order valence-electron chi connectivity index (χ1n) is 9.94. The van der Waals surface area contributed by atoms with Gasteiger partial charge < -0.3 is 15.4 Å². The van der Waals surface area contributed by atoms with Crippen molar-refractivity contribution in [2.45, 2.75) is 25.3 Å². The first-order valence-corrected chi connectivity index (χ1v) is 10.3. The fraction of sp³-hybridized carbons (Fsp3) is 0.364. The lowest BCUT2D eigenvalue weighted by molar-refractivity contribution is -0.123. The highest BCUT2D eigenvalue weighted by molar-refractivity contribution is 6.32. The smallest absolute Gasteiger partial charge is 0.238 e. The van der Waals surface area contributed by atoms with Crippen LogP contribution >= 0.6 is 11.6 Å². The number of nitrogens with zero attached hydrogens (tertiary/aromatic N) is 1. The summed E-state index contributed by atoms with van der Waals surface area (Å²) in [7, 11) is 0. The van der Waals surface area contributed by atoms with Gasteiger partial charge in [-0.05, 0) is 43.2 Å². The maximum Gasteiger partial charge on any atom is 0.238 e. The number of halogens is 2. The molecule has 2 aromatic rings. The number of hydrogen-bond acceptors (Lipinski definition) is 4. The average molecular weight is 434 g/mol. The number of ether oxygens (including phenoxy) is 1. The number of nitrogens with one attached hydrogen (secondary N) is 2. The highest BCUT2D eigenvalue weighted by atomic mass is 35.5. The van der Waals surface area contributed by atoms with Crippen LogP contribution in [-0.2, 0) is 9.59 Å². The van der Waals surface area contributed by atoms with E-state index in [1.807, 2.05) is 30.3 Å². The van der Waals surface area contributed by atoms with Crippen LogP contribution in [0.2, 0.25) is 5.02 Å². The van der Waals surface area contributed by atoms with Crippen molar-refractivity contribution < 1.29 is 18.7 Å². The van der Waals surface area contributed by atoms with Crippen molar-refractivity contribution in [2.75, 3.05) is 31.6 Å². The Hall–Kier alpha value is -2.64. The van der Waals surface area contributed by atoms with Crippen LogP contribution in [0.4, 0.5) is 10.1 Å². The molecule has 1 aliphatic rings. The third-order valence-electron chi connectivity index (χ3n) is 4.86. The highest BCUT2D eigenvalue weighted by Crippen LogP contribution is 2.24. The summed E-state index contributed by atoms with van der Waals surface area (Å²) < 4.78 is 18.5. The molecule has 0 aromatic heterocycles. The van der Waals surface area contributed by atoms with Crippen molar-refractivity contribution in [2.24, 2.45) is 0 Å². The number of para-hydroxylation sites is 1. The van der Waals surface area contributed by atoms with Gasteiger partial charge in [0.1, 0.15) is 11.6 Å². The van der Waals surface area contributed by atoms with Crippen molar-refractivity contribution in [1.82, 2.24) is 10.2 Å². The number of rotatable bonds is 8. The molecule has 2 aromatic carbocycles. The average Bonchev–Trinajstić information content (AvgIpc) is 2.72. The SMILES string of the molecule is O=C(CN1CCC(NC(=O)CCOc2ccc(F)cc2Cl)CC1)Nc1ccccc1. The van der Waals surface area contributed by atoms with Gasteiger partial charge in [-0.3, -0.25) is 14.5 Å². The number of amides is 2. The van der Waals surface area contributed by atoms with Gasteiger partial charge in [-0.25, -0.2) is 4.39 Å². The zero-order valence-corrected chi connectivity index (χ0v) is 17.3. The largest absolute Gasteiger partial charge is 0.491 e. The van der Waals surface area contributed by atoms with E-state index >= 15 is 0 Å². The maximum atomic E-state index is 13.0. The molecule has 2 N–H and O–H groups in total. The van der Waals surface area contributed by atoms with Gasteiger partial charge in [0.25, 0.3) is 0 Å². The number of benzene rings is 2. The van der Waals surface area contributed by atoms with Crippen LogP contribution in [0.3, 0.4) is 0 Å². The Morgan fingerprint density at radius 2 is 1.83 bits per heavy atom. The van der Waals surface area contributed by atoms with E-state index in [9.17, 15) is 14.0 Å². The summed E-state index contributed by atoms with van der Waals surface area (Å²) in [6.45, 7) is 1.99. The molecule has 3 rings (SSSR count). The summed E-state index contributed by atoms with van der Waals surface area (Å²) in [5, 5.41) is 6.06. The third kappa shape index (κ3) is 7.00. The van der Waals surface area contributed by atoms with Gasteiger partial charge in [-0.1, -0.05) is 29.8 Å². The molecule has 1 aliphatic heterocycles. The van der Waals surface area contributed by atoms with E-state index in [0.29, 0.717) is 12.3 Å². The first-order chi connectivity index (χ1) is 14.5. The predicted molar refractivity (Wildman–Crippen MR) is 114 cm³/mol. The lowest BCUT2D eigenvalue weighted by Crippen LogP contribution is -2.46. The van der Waals surface area contributed by atoms with Crippen molar-refractivity contribution in [3.63, 3.8) is 0 Å². The number of anilines is 1. The number of carbonyl (C=O) groups excluding carboxylic acids is 2. The molecule has 0 aliphatic carbocycles. The van der Waals surface area contributed by atoms with Gasteiger partial charge >= 0.3 is 0 Å². The lowest BCUT2D eigenvalue weighted by Gasteiger charge is -2.31. The summed E-state index contributed by atoms with van der Waals surface area (Å²) in [5.41, 5.74) is 0.786. The molecular weight excluding hydrogens is 409 g/mol. The van der Waals surface area contributed by atoms with Crippen molar-refractivity contribution >= 4 is 29.1 Å². The number of hydrogen-bond donors (Lipinski definition) is 2. The third-order valence-corrected chi connectivity index (χ3v) is 5.15. The molecule has 0 spiro atoms. The van der Waals surface area contributed by atoms with Crippen molar-refractivity contribution in [1.29, 1.82) is 0 Å². The van der Waals surface area contributed by atoms with E-state index in [2.05, 4.69) is 15.5 Å². The van der Waals surface area contributed by atoms with E-state index in [1.54, 1.807) is 0 Å². The second kappa shape index (κ2) is 10.9. The van der Waals surface area contributed by atoms with Crippen molar-refractivity contribution in [3.05, 3.63) is 59.4 Å². The van der Waals surface area contributed by atoms with Crippen LogP contribution < -0.4 is 15.4 Å². The fourth-order valence-corrected chi connectivity index (χ4v) is 3.53. The zero-order valence-electron chi connectivity index (χ0n) is 16.6. The van der Waals surface area contributed by atoms with Crippen LogP contribution in [-0.4, -0.2) is 49.0 Å². The minimum absolute atomic E-state index is 0.0414. The summed E-state index contributed by atoms with van der Waals surface area (Å²) in [6, 6.07) is 13.3. The van der Waals surface area contributed by atoms with Crippen LogP contribution in [0.25, 0.3) is 0 Å². The molecule has 2 amide bonds. The molecule has 1 heterocycles. The number of piperidine rings is 1. The molecule has 0 atom stereocenters. The van der Waals surface area contributed by atoms with Crippen molar-refractivity contribution in [3.8, 4) is 5.75 Å². The minimum atomic E-state index is -0.436. The van der Waals surface area contributed by atoms with Gasteiger partial charge in [0, 0.05) is 24.8 Å². The van der Waals surface area contributed by atoms with Gasteiger partial charge in [-0.2, -0.15) is 0 Å².